The molecule has 0 radical (unpaired) electrons. The van der Waals surface area contributed by atoms with Crippen LogP contribution in [0.5, 0.6) is 0 Å². The van der Waals surface area contributed by atoms with Gasteiger partial charge < -0.3 is 19.3 Å². The molecule has 2 heterocycles. The Bertz CT molecular complexity index is 1360. The van der Waals surface area contributed by atoms with E-state index in [0.717, 1.165) is 27.7 Å². The Kier molecular flexibility index (Phi) is 5.33. The van der Waals surface area contributed by atoms with E-state index in [1.54, 1.807) is 13.0 Å². The summed E-state index contributed by atoms with van der Waals surface area (Å²) in [5, 5.41) is 12.8. The topological polar surface area (TPSA) is 110 Å². The first kappa shape index (κ1) is 20.4. The van der Waals surface area contributed by atoms with Gasteiger partial charge in [-0.1, -0.05) is 30.3 Å². The van der Waals surface area contributed by atoms with Crippen LogP contribution in [0.3, 0.4) is 0 Å². The zero-order valence-corrected chi connectivity index (χ0v) is 17.2. The molecule has 4 rings (SSSR count). The smallest absolute Gasteiger partial charge is 0.340 e. The van der Waals surface area contributed by atoms with Gasteiger partial charge >= 0.3 is 11.6 Å². The highest BCUT2D eigenvalue weighted by molar-refractivity contribution is 6.03. The second-order valence-corrected chi connectivity index (χ2v) is 7.41. The van der Waals surface area contributed by atoms with Crippen LogP contribution < -0.4 is 10.9 Å². The third-order valence-electron chi connectivity index (χ3n) is 5.33. The number of nitrogens with one attached hydrogen (secondary N) is 1. The highest BCUT2D eigenvalue weighted by Gasteiger charge is 2.19. The molecule has 0 aliphatic heterocycles. The number of amides is 1. The third kappa shape index (κ3) is 3.94. The zero-order valence-electron chi connectivity index (χ0n) is 17.2. The Balaban J connectivity index is 1.78. The molecule has 0 atom stereocenters. The number of carboxylic acid groups (broad SMARTS) is 1. The molecule has 2 aromatic heterocycles. The molecule has 0 unspecified atom stereocenters. The van der Waals surface area contributed by atoms with Gasteiger partial charge in [0.15, 0.2) is 0 Å². The van der Waals surface area contributed by atoms with Crippen LogP contribution in [0.25, 0.3) is 33.1 Å². The van der Waals surface area contributed by atoms with Gasteiger partial charge in [-0.2, -0.15) is 0 Å². The number of aliphatic carboxylic acids is 1. The molecule has 0 fully saturated rings. The molecule has 4 aromatic rings. The number of carbonyl (C=O) groups excluding carboxylic acids is 1. The fraction of sp³-hybridized carbons (Fsp3) is 0.208. The highest BCUT2D eigenvalue weighted by Crippen LogP contribution is 2.37. The van der Waals surface area contributed by atoms with Crippen LogP contribution in [0.15, 0.2) is 56.1 Å². The monoisotopic (exact) mass is 419 g/mol. The van der Waals surface area contributed by atoms with Crippen LogP contribution >= 0.6 is 0 Å². The van der Waals surface area contributed by atoms with Crippen LogP contribution in [0.1, 0.15) is 23.3 Å². The fourth-order valence-electron chi connectivity index (χ4n) is 3.80. The maximum absolute atomic E-state index is 12.5. The molecule has 1 amide bonds. The Morgan fingerprint density at radius 1 is 1.00 bits per heavy atom. The minimum absolute atomic E-state index is 0.00147. The van der Waals surface area contributed by atoms with Crippen molar-refractivity contribution in [3.63, 3.8) is 0 Å². The Morgan fingerprint density at radius 2 is 1.71 bits per heavy atom. The van der Waals surface area contributed by atoms with E-state index in [1.807, 2.05) is 43.3 Å². The van der Waals surface area contributed by atoms with Gasteiger partial charge in [-0.15, -0.1) is 0 Å². The van der Waals surface area contributed by atoms with Crippen molar-refractivity contribution >= 4 is 33.8 Å². The van der Waals surface area contributed by atoms with E-state index in [0.29, 0.717) is 16.7 Å². The Hall–Kier alpha value is -3.87. The van der Waals surface area contributed by atoms with Gasteiger partial charge in [0, 0.05) is 28.9 Å². The second kappa shape index (κ2) is 8.10. The van der Waals surface area contributed by atoms with Crippen LogP contribution in [-0.4, -0.2) is 23.5 Å². The molecule has 0 bridgehead atoms. The quantitative estimate of drug-likeness (QED) is 0.458. The van der Waals surface area contributed by atoms with Crippen molar-refractivity contribution in [2.45, 2.75) is 26.7 Å². The molecule has 0 saturated carbocycles. The van der Waals surface area contributed by atoms with Gasteiger partial charge in [-0.25, -0.2) is 4.79 Å². The molecule has 31 heavy (non-hydrogen) atoms. The van der Waals surface area contributed by atoms with E-state index >= 15 is 0 Å². The van der Waals surface area contributed by atoms with Gasteiger partial charge in [-0.3, -0.25) is 9.59 Å². The van der Waals surface area contributed by atoms with Crippen molar-refractivity contribution < 1.29 is 23.5 Å². The summed E-state index contributed by atoms with van der Waals surface area (Å²) in [5.74, 6) is -0.675. The highest BCUT2D eigenvalue weighted by atomic mass is 16.4. The summed E-state index contributed by atoms with van der Waals surface area (Å²) in [6.07, 6.45) is -0.366. The van der Waals surface area contributed by atoms with Crippen molar-refractivity contribution in [1.29, 1.82) is 0 Å². The number of rotatable bonds is 6. The van der Waals surface area contributed by atoms with E-state index in [9.17, 15) is 14.4 Å². The first-order chi connectivity index (χ1) is 14.8. The minimum Gasteiger partial charge on any atom is -0.481 e. The van der Waals surface area contributed by atoms with Gasteiger partial charge in [0.1, 0.15) is 16.9 Å². The number of furan rings is 1. The molecule has 7 nitrogen and oxygen atoms in total. The maximum atomic E-state index is 12.5. The molecule has 7 heteroatoms. The van der Waals surface area contributed by atoms with Gasteiger partial charge in [0.2, 0.25) is 5.91 Å². The molecular weight excluding hydrogens is 398 g/mol. The summed E-state index contributed by atoms with van der Waals surface area (Å²) in [4.78, 5) is 35.3. The lowest BCUT2D eigenvalue weighted by Gasteiger charge is -2.09. The molecule has 2 N–H and O–H groups in total. The van der Waals surface area contributed by atoms with Gasteiger partial charge in [0.05, 0.1) is 18.4 Å². The van der Waals surface area contributed by atoms with Crippen molar-refractivity contribution in [2.75, 3.05) is 6.54 Å². The van der Waals surface area contributed by atoms with Crippen LogP contribution in [0.4, 0.5) is 0 Å². The Morgan fingerprint density at radius 3 is 2.42 bits per heavy atom. The number of hydrogen-bond acceptors (Lipinski definition) is 5. The van der Waals surface area contributed by atoms with Crippen LogP contribution in [-0.2, 0) is 16.0 Å². The van der Waals surface area contributed by atoms with E-state index in [1.165, 1.54) is 0 Å². The van der Waals surface area contributed by atoms with Crippen LogP contribution in [0, 0.1) is 13.8 Å². The standard InChI is InChI=1S/C24H21NO6/c1-13-16-10-18-20(30-14(2)23(18)15-6-4-3-5-7-15)12-19(16)31-24(29)17(13)11-21(26)25-9-8-22(27)28/h3-7,10,12H,8-9,11H2,1-2H3,(H,25,26)(H,27,28). The number of carboxylic acids is 1. The predicted octanol–water partition coefficient (Wildman–Crippen LogP) is 3.96. The average Bonchev–Trinajstić information content (AvgIpc) is 3.05. The largest absolute Gasteiger partial charge is 0.481 e. The average molecular weight is 419 g/mol. The molecule has 2 aromatic carbocycles. The lowest BCUT2D eigenvalue weighted by molar-refractivity contribution is -0.136. The number of benzene rings is 2. The lowest BCUT2D eigenvalue weighted by atomic mass is 9.98. The number of carbonyl (C=O) groups is 2. The van der Waals surface area contributed by atoms with Crippen molar-refractivity contribution in [1.82, 2.24) is 5.32 Å². The number of aryl methyl sites for hydroxylation is 2. The van der Waals surface area contributed by atoms with Crippen molar-refractivity contribution in [2.24, 2.45) is 0 Å². The normalized spacial score (nSPS) is 11.2. The summed E-state index contributed by atoms with van der Waals surface area (Å²) in [5.41, 5.74) is 3.30. The molecule has 0 spiro atoms. The summed E-state index contributed by atoms with van der Waals surface area (Å²) < 4.78 is 11.4. The predicted molar refractivity (Wildman–Crippen MR) is 116 cm³/mol. The fourth-order valence-corrected chi connectivity index (χ4v) is 3.80. The summed E-state index contributed by atoms with van der Waals surface area (Å²) in [6.45, 7) is 3.67. The van der Waals surface area contributed by atoms with E-state index in [4.69, 9.17) is 13.9 Å². The van der Waals surface area contributed by atoms with Crippen LogP contribution in [0.2, 0.25) is 0 Å². The maximum Gasteiger partial charge on any atom is 0.340 e. The van der Waals surface area contributed by atoms with Crippen molar-refractivity contribution in [3.8, 4) is 11.1 Å². The molecule has 0 saturated heterocycles. The van der Waals surface area contributed by atoms with Crippen molar-refractivity contribution in [3.05, 3.63) is 69.8 Å². The summed E-state index contributed by atoms with van der Waals surface area (Å²) in [7, 11) is 0. The first-order valence-electron chi connectivity index (χ1n) is 9.88. The molecule has 0 aliphatic rings. The first-order valence-corrected chi connectivity index (χ1v) is 9.88. The Labute approximate surface area is 177 Å². The number of hydrogen-bond donors (Lipinski definition) is 2. The van der Waals surface area contributed by atoms with Gasteiger partial charge in [-0.05, 0) is 31.0 Å². The van der Waals surface area contributed by atoms with E-state index in [-0.39, 0.29) is 24.9 Å². The summed E-state index contributed by atoms with van der Waals surface area (Å²) in [6, 6.07) is 13.5. The molecular formula is C24H21NO6. The zero-order chi connectivity index (χ0) is 22.1. The lowest BCUT2D eigenvalue weighted by Crippen LogP contribution is -2.29. The van der Waals surface area contributed by atoms with E-state index in [2.05, 4.69) is 5.32 Å². The summed E-state index contributed by atoms with van der Waals surface area (Å²) >= 11 is 0. The number of fused-ring (bicyclic) bond motifs is 2. The van der Waals surface area contributed by atoms with Gasteiger partial charge in [0.25, 0.3) is 0 Å². The third-order valence-corrected chi connectivity index (χ3v) is 5.33. The van der Waals surface area contributed by atoms with E-state index < -0.39 is 17.5 Å². The molecule has 0 aliphatic carbocycles. The minimum atomic E-state index is -1.00. The second-order valence-electron chi connectivity index (χ2n) is 7.41. The molecule has 158 valence electrons. The SMILES string of the molecule is Cc1oc2cc3oc(=O)c(CC(=O)NCCC(=O)O)c(C)c3cc2c1-c1ccccc1.